The molecule has 0 aromatic carbocycles. The van der Waals surface area contributed by atoms with Crippen molar-refractivity contribution in [3.8, 4) is 0 Å². The van der Waals surface area contributed by atoms with Crippen LogP contribution in [0.1, 0.15) is 6.04 Å². The van der Waals surface area contributed by atoms with Crippen molar-refractivity contribution in [3.05, 3.63) is 30.6 Å². The number of rotatable bonds is 0. The second-order valence-corrected chi connectivity index (χ2v) is 4.01. The number of nitrogens with zero attached hydrogens (tertiary/aromatic N) is 3. The maximum absolute atomic E-state index is 4.03. The van der Waals surface area contributed by atoms with Gasteiger partial charge in [0.2, 0.25) is 0 Å². The lowest BCUT2D eigenvalue weighted by Gasteiger charge is -2.14. The quantitative estimate of drug-likeness (QED) is 0.600. The molecule has 3 rings (SSSR count). The van der Waals surface area contributed by atoms with Gasteiger partial charge in [-0.2, -0.15) is 0 Å². The minimum Gasteiger partial charge on any atom is -0.300 e. The summed E-state index contributed by atoms with van der Waals surface area (Å²) in [6.07, 6.45) is 10.4. The molecule has 2 heterocycles. The summed E-state index contributed by atoms with van der Waals surface area (Å²) in [7, 11) is 0. The van der Waals surface area contributed by atoms with Gasteiger partial charge in [-0.05, 0) is 0 Å². The molecule has 2 aliphatic rings. The first-order chi connectivity index (χ1) is 5.95. The highest BCUT2D eigenvalue weighted by Gasteiger charge is 2.31. The van der Waals surface area contributed by atoms with Crippen molar-refractivity contribution in [1.29, 1.82) is 0 Å². The Bertz CT molecular complexity index is 366. The maximum atomic E-state index is 4.03. The van der Waals surface area contributed by atoms with Crippen LogP contribution in [0.5, 0.6) is 0 Å². The monoisotopic (exact) mass is 177 g/mol. The molecule has 0 saturated heterocycles. The van der Waals surface area contributed by atoms with Gasteiger partial charge in [0.05, 0.1) is 11.3 Å². The van der Waals surface area contributed by atoms with E-state index >= 15 is 0 Å². The van der Waals surface area contributed by atoms with Crippen molar-refractivity contribution in [1.82, 2.24) is 14.8 Å². The smallest absolute Gasteiger partial charge is 0.192 e. The van der Waals surface area contributed by atoms with Crippen LogP contribution < -0.4 is 0 Å². The van der Waals surface area contributed by atoms with Gasteiger partial charge in [0.15, 0.2) is 5.16 Å². The number of thioether (sulfide) groups is 1. The van der Waals surface area contributed by atoms with Gasteiger partial charge in [-0.1, -0.05) is 36.1 Å². The average Bonchev–Trinajstić information content (AvgIpc) is 2.62. The number of aromatic nitrogens is 3. The Labute approximate surface area is 74.2 Å². The topological polar surface area (TPSA) is 30.7 Å². The first-order valence-corrected chi connectivity index (χ1v) is 4.74. The lowest BCUT2D eigenvalue weighted by atomic mass is 10.1. The van der Waals surface area contributed by atoms with Crippen LogP contribution in [-0.4, -0.2) is 20.0 Å². The molecule has 0 bridgehead atoms. The third-order valence-electron chi connectivity index (χ3n) is 2.16. The van der Waals surface area contributed by atoms with Crippen molar-refractivity contribution < 1.29 is 0 Å². The number of allylic oxidation sites excluding steroid dienone is 3. The molecule has 1 aliphatic carbocycles. The summed E-state index contributed by atoms with van der Waals surface area (Å²) in [5.74, 6) is 0. The molecule has 0 N–H and O–H groups in total. The number of fused-ring (bicyclic) bond motifs is 3. The van der Waals surface area contributed by atoms with Crippen LogP contribution in [0.2, 0.25) is 0 Å². The van der Waals surface area contributed by atoms with Crippen molar-refractivity contribution >= 4 is 11.8 Å². The zero-order valence-corrected chi connectivity index (χ0v) is 7.11. The van der Waals surface area contributed by atoms with E-state index in [4.69, 9.17) is 0 Å². The van der Waals surface area contributed by atoms with E-state index in [1.165, 1.54) is 0 Å². The van der Waals surface area contributed by atoms with Gasteiger partial charge < -0.3 is 4.57 Å². The average molecular weight is 177 g/mol. The maximum Gasteiger partial charge on any atom is 0.192 e. The van der Waals surface area contributed by atoms with Gasteiger partial charge in [0, 0.05) is 0 Å². The van der Waals surface area contributed by atoms with Crippen LogP contribution in [0, 0.1) is 0 Å². The fourth-order valence-electron chi connectivity index (χ4n) is 1.58. The Balaban J connectivity index is 2.11. The van der Waals surface area contributed by atoms with Crippen LogP contribution >= 0.6 is 11.8 Å². The highest BCUT2D eigenvalue weighted by molar-refractivity contribution is 8.00. The largest absolute Gasteiger partial charge is 0.300 e. The summed E-state index contributed by atoms with van der Waals surface area (Å²) < 4.78 is 2.12. The lowest BCUT2D eigenvalue weighted by Crippen LogP contribution is -2.12. The number of hydrogen-bond donors (Lipinski definition) is 0. The predicted octanol–water partition coefficient (Wildman–Crippen LogP) is 1.42. The predicted molar refractivity (Wildman–Crippen MR) is 47.0 cm³/mol. The van der Waals surface area contributed by atoms with E-state index in [0.29, 0.717) is 11.3 Å². The normalized spacial score (nSPS) is 30.3. The molecular formula is C8H7N3S. The highest BCUT2D eigenvalue weighted by Crippen LogP contribution is 2.41. The van der Waals surface area contributed by atoms with Gasteiger partial charge in [0.25, 0.3) is 0 Å². The SMILES string of the molecule is C1=CC2Sc3nncn3C2C=C1. The third kappa shape index (κ3) is 0.728. The van der Waals surface area contributed by atoms with Gasteiger partial charge in [0.1, 0.15) is 6.33 Å². The molecule has 0 saturated carbocycles. The first-order valence-electron chi connectivity index (χ1n) is 3.86. The molecule has 2 atom stereocenters. The standard InChI is InChI=1S/C8H7N3S/c1-2-4-7-6(3-1)11-5-9-10-8(11)12-7/h1-7H. The van der Waals surface area contributed by atoms with Crippen LogP contribution in [0.3, 0.4) is 0 Å². The molecule has 1 aliphatic heterocycles. The molecule has 1 aromatic heterocycles. The van der Waals surface area contributed by atoms with E-state index in [1.54, 1.807) is 18.1 Å². The molecule has 0 fully saturated rings. The zero-order valence-electron chi connectivity index (χ0n) is 6.29. The Morgan fingerprint density at radius 2 is 2.25 bits per heavy atom. The molecule has 12 heavy (non-hydrogen) atoms. The fourth-order valence-corrected chi connectivity index (χ4v) is 2.74. The van der Waals surface area contributed by atoms with Gasteiger partial charge in [-0.15, -0.1) is 10.2 Å². The molecular weight excluding hydrogens is 170 g/mol. The van der Waals surface area contributed by atoms with Gasteiger partial charge in [-0.25, -0.2) is 0 Å². The summed E-state index contributed by atoms with van der Waals surface area (Å²) in [6.45, 7) is 0. The molecule has 0 radical (unpaired) electrons. The van der Waals surface area contributed by atoms with Crippen LogP contribution in [-0.2, 0) is 0 Å². The first kappa shape index (κ1) is 6.48. The van der Waals surface area contributed by atoms with Crippen molar-refractivity contribution in [2.45, 2.75) is 16.4 Å². The molecule has 1 aromatic rings. The van der Waals surface area contributed by atoms with Crippen molar-refractivity contribution in [3.63, 3.8) is 0 Å². The Morgan fingerprint density at radius 3 is 3.25 bits per heavy atom. The Morgan fingerprint density at radius 1 is 1.33 bits per heavy atom. The second-order valence-electron chi connectivity index (χ2n) is 2.86. The van der Waals surface area contributed by atoms with Crippen LogP contribution in [0.25, 0.3) is 0 Å². The van der Waals surface area contributed by atoms with Crippen LogP contribution in [0.4, 0.5) is 0 Å². The summed E-state index contributed by atoms with van der Waals surface area (Å²) in [6, 6.07) is 0.435. The lowest BCUT2D eigenvalue weighted by molar-refractivity contribution is 0.597. The fraction of sp³-hybridized carbons (Fsp3) is 0.250. The van der Waals surface area contributed by atoms with E-state index in [9.17, 15) is 0 Å². The van der Waals surface area contributed by atoms with E-state index in [1.807, 2.05) is 0 Å². The minimum atomic E-state index is 0.435. The molecule has 60 valence electrons. The highest BCUT2D eigenvalue weighted by atomic mass is 32.2. The number of hydrogen-bond acceptors (Lipinski definition) is 3. The summed E-state index contributed by atoms with van der Waals surface area (Å²) in [5.41, 5.74) is 0. The van der Waals surface area contributed by atoms with E-state index < -0.39 is 0 Å². The van der Waals surface area contributed by atoms with Gasteiger partial charge >= 0.3 is 0 Å². The molecule has 0 spiro atoms. The van der Waals surface area contributed by atoms with Gasteiger partial charge in [-0.3, -0.25) is 0 Å². The molecule has 3 nitrogen and oxygen atoms in total. The van der Waals surface area contributed by atoms with Crippen LogP contribution in [0.15, 0.2) is 35.8 Å². The third-order valence-corrected chi connectivity index (χ3v) is 3.37. The summed E-state index contributed by atoms with van der Waals surface area (Å²) in [5, 5.41) is 9.46. The Hall–Kier alpha value is -1.03. The van der Waals surface area contributed by atoms with E-state index in [-0.39, 0.29) is 0 Å². The summed E-state index contributed by atoms with van der Waals surface area (Å²) in [4.78, 5) is 0. The minimum absolute atomic E-state index is 0.435. The van der Waals surface area contributed by atoms with Crippen molar-refractivity contribution in [2.24, 2.45) is 0 Å². The van der Waals surface area contributed by atoms with E-state index in [0.717, 1.165) is 5.16 Å². The Kier molecular flexibility index (Phi) is 1.20. The summed E-state index contributed by atoms with van der Waals surface area (Å²) >= 11 is 1.78. The van der Waals surface area contributed by atoms with E-state index in [2.05, 4.69) is 39.1 Å². The molecule has 2 unspecified atom stereocenters. The van der Waals surface area contributed by atoms with Crippen molar-refractivity contribution in [2.75, 3.05) is 0 Å². The molecule has 4 heteroatoms. The molecule has 0 amide bonds. The second kappa shape index (κ2) is 2.23. The zero-order chi connectivity index (χ0) is 7.97.